The van der Waals surface area contributed by atoms with Gasteiger partial charge in [-0.05, 0) is 18.2 Å². The van der Waals surface area contributed by atoms with Crippen LogP contribution in [0.3, 0.4) is 0 Å². The van der Waals surface area contributed by atoms with Crippen LogP contribution in [0, 0.1) is 5.82 Å². The first kappa shape index (κ1) is 12.9. The molecule has 4 N–H and O–H groups in total. The van der Waals surface area contributed by atoms with Crippen molar-refractivity contribution in [3.8, 4) is 0 Å². The molecule has 0 saturated carbocycles. The Kier molecular flexibility index (Phi) is 3.66. The molecule has 8 heteroatoms. The number of benzene rings is 1. The molecule has 0 aliphatic heterocycles. The fraction of sp³-hybridized carbons (Fsp3) is 0.111. The standard InChI is InChI=1S/C9H8F4N4/c10-6-2-1-5(4-16-17-8(14)15)7(3-6)9(11,12)13/h1-4H,(H4,14,15,17). The Bertz CT molecular complexity index is 461. The van der Waals surface area contributed by atoms with E-state index in [4.69, 9.17) is 11.5 Å². The Morgan fingerprint density at radius 1 is 1.24 bits per heavy atom. The smallest absolute Gasteiger partial charge is 0.369 e. The number of halogens is 4. The summed E-state index contributed by atoms with van der Waals surface area (Å²) in [5.74, 6) is -1.38. The van der Waals surface area contributed by atoms with Crippen LogP contribution in [0.5, 0.6) is 0 Å². The molecule has 0 radical (unpaired) electrons. The topological polar surface area (TPSA) is 76.8 Å². The van der Waals surface area contributed by atoms with E-state index in [1.54, 1.807) is 0 Å². The summed E-state index contributed by atoms with van der Waals surface area (Å²) in [5.41, 5.74) is 8.40. The van der Waals surface area contributed by atoms with Crippen LogP contribution in [0.25, 0.3) is 0 Å². The molecule has 1 rings (SSSR count). The lowest BCUT2D eigenvalue weighted by molar-refractivity contribution is -0.137. The molecule has 17 heavy (non-hydrogen) atoms. The first-order valence-corrected chi connectivity index (χ1v) is 4.29. The van der Waals surface area contributed by atoms with E-state index in [9.17, 15) is 17.6 Å². The van der Waals surface area contributed by atoms with Crippen molar-refractivity contribution in [3.63, 3.8) is 0 Å². The zero-order valence-corrected chi connectivity index (χ0v) is 8.37. The van der Waals surface area contributed by atoms with Crippen LogP contribution in [0.1, 0.15) is 11.1 Å². The molecule has 0 spiro atoms. The molecular formula is C9H8F4N4. The summed E-state index contributed by atoms with van der Waals surface area (Å²) in [4.78, 5) is 0. The Balaban J connectivity index is 3.16. The van der Waals surface area contributed by atoms with E-state index in [2.05, 4.69) is 10.2 Å². The van der Waals surface area contributed by atoms with E-state index >= 15 is 0 Å². The lowest BCUT2D eigenvalue weighted by Crippen LogP contribution is -2.21. The van der Waals surface area contributed by atoms with Gasteiger partial charge in [0, 0.05) is 5.56 Å². The van der Waals surface area contributed by atoms with Gasteiger partial charge in [0.25, 0.3) is 0 Å². The Labute approximate surface area is 93.6 Å². The van der Waals surface area contributed by atoms with Crippen molar-refractivity contribution >= 4 is 12.2 Å². The molecule has 0 saturated heterocycles. The van der Waals surface area contributed by atoms with Gasteiger partial charge in [-0.3, -0.25) is 0 Å². The molecule has 0 unspecified atom stereocenters. The highest BCUT2D eigenvalue weighted by Crippen LogP contribution is 2.31. The number of nitrogens with two attached hydrogens (primary N) is 2. The Hall–Kier alpha value is -2.12. The zero-order valence-electron chi connectivity index (χ0n) is 8.37. The summed E-state index contributed by atoms with van der Waals surface area (Å²) in [6.45, 7) is 0. The number of guanidine groups is 1. The van der Waals surface area contributed by atoms with Gasteiger partial charge in [-0.25, -0.2) is 4.39 Å². The molecule has 0 aliphatic rings. The molecule has 4 nitrogen and oxygen atoms in total. The third-order valence-corrected chi connectivity index (χ3v) is 1.69. The van der Waals surface area contributed by atoms with Gasteiger partial charge in [0.15, 0.2) is 0 Å². The van der Waals surface area contributed by atoms with Gasteiger partial charge in [-0.15, -0.1) is 5.10 Å². The molecule has 0 aromatic heterocycles. The number of alkyl halides is 3. The van der Waals surface area contributed by atoms with Gasteiger partial charge in [0.05, 0.1) is 11.8 Å². The largest absolute Gasteiger partial charge is 0.417 e. The molecule has 0 heterocycles. The number of nitrogens with zero attached hydrogens (tertiary/aromatic N) is 2. The highest BCUT2D eigenvalue weighted by molar-refractivity contribution is 5.83. The van der Waals surface area contributed by atoms with Gasteiger partial charge in [-0.2, -0.15) is 18.3 Å². The van der Waals surface area contributed by atoms with E-state index in [1.807, 2.05) is 0 Å². The van der Waals surface area contributed by atoms with Crippen LogP contribution in [-0.4, -0.2) is 12.2 Å². The second-order valence-electron chi connectivity index (χ2n) is 3.00. The summed E-state index contributed by atoms with van der Waals surface area (Å²) in [6, 6.07) is 2.19. The monoisotopic (exact) mass is 248 g/mol. The fourth-order valence-electron chi connectivity index (χ4n) is 1.04. The Morgan fingerprint density at radius 3 is 2.41 bits per heavy atom. The molecule has 0 amide bonds. The summed E-state index contributed by atoms with van der Waals surface area (Å²) >= 11 is 0. The summed E-state index contributed by atoms with van der Waals surface area (Å²) < 4.78 is 50.2. The van der Waals surface area contributed by atoms with Crippen molar-refractivity contribution in [3.05, 3.63) is 35.1 Å². The van der Waals surface area contributed by atoms with Crippen molar-refractivity contribution < 1.29 is 17.6 Å². The maximum Gasteiger partial charge on any atom is 0.417 e. The van der Waals surface area contributed by atoms with Crippen LogP contribution in [-0.2, 0) is 6.18 Å². The summed E-state index contributed by atoms with van der Waals surface area (Å²) in [5, 5.41) is 6.38. The molecule has 0 aliphatic carbocycles. The molecule has 0 atom stereocenters. The van der Waals surface area contributed by atoms with Gasteiger partial charge in [-0.1, -0.05) is 0 Å². The maximum absolute atomic E-state index is 12.7. The van der Waals surface area contributed by atoms with Crippen molar-refractivity contribution in [1.29, 1.82) is 0 Å². The van der Waals surface area contributed by atoms with Crippen molar-refractivity contribution in [2.75, 3.05) is 0 Å². The molecule has 0 bridgehead atoms. The second kappa shape index (κ2) is 4.81. The quantitative estimate of drug-likeness (QED) is 0.359. The van der Waals surface area contributed by atoms with Crippen LogP contribution in [0.2, 0.25) is 0 Å². The zero-order chi connectivity index (χ0) is 13.1. The third kappa shape index (κ3) is 3.74. The second-order valence-corrected chi connectivity index (χ2v) is 3.00. The highest BCUT2D eigenvalue weighted by Gasteiger charge is 2.33. The Morgan fingerprint density at radius 2 is 1.88 bits per heavy atom. The molecular weight excluding hydrogens is 240 g/mol. The molecule has 1 aromatic rings. The van der Waals surface area contributed by atoms with Gasteiger partial charge < -0.3 is 11.5 Å². The summed E-state index contributed by atoms with van der Waals surface area (Å²) in [6.07, 6.45) is -3.89. The van der Waals surface area contributed by atoms with Crippen LogP contribution in [0.4, 0.5) is 17.6 Å². The van der Waals surface area contributed by atoms with E-state index in [1.165, 1.54) is 0 Å². The number of hydrogen-bond acceptors (Lipinski definition) is 2. The minimum absolute atomic E-state index is 0.330. The van der Waals surface area contributed by atoms with E-state index in [-0.39, 0.29) is 5.56 Å². The van der Waals surface area contributed by atoms with E-state index in [0.29, 0.717) is 6.07 Å². The first-order valence-electron chi connectivity index (χ1n) is 4.29. The fourth-order valence-corrected chi connectivity index (χ4v) is 1.04. The minimum atomic E-state index is -4.68. The molecule has 92 valence electrons. The molecule has 1 aromatic carbocycles. The highest BCUT2D eigenvalue weighted by atomic mass is 19.4. The van der Waals surface area contributed by atoms with Crippen LogP contribution < -0.4 is 11.5 Å². The van der Waals surface area contributed by atoms with E-state index in [0.717, 1.165) is 18.3 Å². The van der Waals surface area contributed by atoms with Crippen molar-refractivity contribution in [1.82, 2.24) is 0 Å². The summed E-state index contributed by atoms with van der Waals surface area (Å²) in [7, 11) is 0. The van der Waals surface area contributed by atoms with Crippen LogP contribution >= 0.6 is 0 Å². The average molecular weight is 248 g/mol. The number of hydrogen-bond donors (Lipinski definition) is 2. The maximum atomic E-state index is 12.7. The minimum Gasteiger partial charge on any atom is -0.369 e. The van der Waals surface area contributed by atoms with Gasteiger partial charge >= 0.3 is 6.18 Å². The van der Waals surface area contributed by atoms with E-state index < -0.39 is 23.5 Å². The number of rotatable bonds is 2. The predicted octanol–water partition coefficient (Wildman–Crippen LogP) is 1.45. The first-order chi connectivity index (χ1) is 7.80. The predicted molar refractivity (Wildman–Crippen MR) is 54.8 cm³/mol. The van der Waals surface area contributed by atoms with Crippen LogP contribution in [0.15, 0.2) is 28.4 Å². The van der Waals surface area contributed by atoms with Gasteiger partial charge in [0.2, 0.25) is 5.96 Å². The van der Waals surface area contributed by atoms with Crippen molar-refractivity contribution in [2.24, 2.45) is 21.7 Å². The van der Waals surface area contributed by atoms with Gasteiger partial charge in [0.1, 0.15) is 5.82 Å². The SMILES string of the molecule is NC(N)=NN=Cc1ccc(F)cc1C(F)(F)F. The molecule has 0 fully saturated rings. The average Bonchev–Trinajstić information content (AvgIpc) is 2.18. The lowest BCUT2D eigenvalue weighted by Gasteiger charge is -2.09. The third-order valence-electron chi connectivity index (χ3n) is 1.69. The van der Waals surface area contributed by atoms with Crippen molar-refractivity contribution in [2.45, 2.75) is 6.18 Å². The lowest BCUT2D eigenvalue weighted by atomic mass is 10.1. The normalized spacial score (nSPS) is 11.8.